The summed E-state index contributed by atoms with van der Waals surface area (Å²) in [6, 6.07) is 3.30. The van der Waals surface area contributed by atoms with Gasteiger partial charge in [0.05, 0.1) is 25.2 Å². The molecule has 0 spiro atoms. The van der Waals surface area contributed by atoms with E-state index in [9.17, 15) is 10.1 Å². The van der Waals surface area contributed by atoms with Gasteiger partial charge in [-0.25, -0.2) is 0 Å². The van der Waals surface area contributed by atoms with Crippen molar-refractivity contribution < 1.29 is 14.4 Å². The van der Waals surface area contributed by atoms with Crippen molar-refractivity contribution in [2.45, 2.75) is 39.2 Å². The summed E-state index contributed by atoms with van der Waals surface area (Å²) in [5.74, 6) is 0.921. The van der Waals surface area contributed by atoms with E-state index in [0.29, 0.717) is 17.1 Å². The van der Waals surface area contributed by atoms with Gasteiger partial charge in [-0.05, 0) is 26.0 Å². The van der Waals surface area contributed by atoms with Crippen LogP contribution >= 0.6 is 0 Å². The monoisotopic (exact) mass is 296 g/mol. The third kappa shape index (κ3) is 3.85. The Kier molecular flexibility index (Phi) is 6.42. The molecule has 0 saturated heterocycles. The van der Waals surface area contributed by atoms with E-state index in [2.05, 4.69) is 5.32 Å². The first-order valence-corrected chi connectivity index (χ1v) is 7.13. The molecule has 21 heavy (non-hydrogen) atoms. The van der Waals surface area contributed by atoms with E-state index in [-0.39, 0.29) is 22.6 Å². The zero-order chi connectivity index (χ0) is 16.0. The van der Waals surface area contributed by atoms with E-state index in [1.807, 2.05) is 20.8 Å². The summed E-state index contributed by atoms with van der Waals surface area (Å²) in [7, 11) is 3.00. The molecule has 0 heterocycles. The first-order valence-electron chi connectivity index (χ1n) is 7.13. The van der Waals surface area contributed by atoms with Crippen LogP contribution in [0.5, 0.6) is 11.5 Å². The molecule has 6 nitrogen and oxygen atoms in total. The van der Waals surface area contributed by atoms with Gasteiger partial charge in [0.1, 0.15) is 0 Å². The molecular formula is C15H24N2O4. The fraction of sp³-hybridized carbons (Fsp3) is 0.600. The van der Waals surface area contributed by atoms with Crippen molar-refractivity contribution in [3.8, 4) is 11.5 Å². The summed E-state index contributed by atoms with van der Waals surface area (Å²) in [5, 5.41) is 14.7. The molecule has 0 bridgehead atoms. The van der Waals surface area contributed by atoms with Crippen molar-refractivity contribution in [1.82, 2.24) is 5.32 Å². The van der Waals surface area contributed by atoms with Gasteiger partial charge >= 0.3 is 0 Å². The van der Waals surface area contributed by atoms with E-state index in [4.69, 9.17) is 9.47 Å². The van der Waals surface area contributed by atoms with E-state index >= 15 is 0 Å². The Hall–Kier alpha value is -1.82. The zero-order valence-corrected chi connectivity index (χ0v) is 13.3. The van der Waals surface area contributed by atoms with Gasteiger partial charge in [-0.1, -0.05) is 13.8 Å². The van der Waals surface area contributed by atoms with Crippen molar-refractivity contribution >= 4 is 5.69 Å². The molecular weight excluding hydrogens is 272 g/mol. The maximum atomic E-state index is 11.4. The van der Waals surface area contributed by atoms with Gasteiger partial charge in [-0.3, -0.25) is 10.1 Å². The lowest BCUT2D eigenvalue weighted by Gasteiger charge is -2.24. The van der Waals surface area contributed by atoms with Crippen LogP contribution in [0.2, 0.25) is 0 Å². The highest BCUT2D eigenvalue weighted by molar-refractivity contribution is 5.55. The van der Waals surface area contributed by atoms with Crippen LogP contribution in [0, 0.1) is 10.1 Å². The molecule has 0 radical (unpaired) electrons. The number of hydrogen-bond donors (Lipinski definition) is 1. The number of nitrogens with zero attached hydrogens (tertiary/aromatic N) is 1. The quantitative estimate of drug-likeness (QED) is 0.589. The first kappa shape index (κ1) is 17.2. The zero-order valence-electron chi connectivity index (χ0n) is 13.3. The third-order valence-electron chi connectivity index (χ3n) is 3.70. The molecule has 1 aromatic rings. The molecule has 118 valence electrons. The topological polar surface area (TPSA) is 73.6 Å². The molecule has 2 atom stereocenters. The van der Waals surface area contributed by atoms with Gasteiger partial charge in [0.15, 0.2) is 11.5 Å². The van der Waals surface area contributed by atoms with Gasteiger partial charge in [-0.2, -0.15) is 0 Å². The average Bonchev–Trinajstić information content (AvgIpc) is 2.47. The Morgan fingerprint density at radius 3 is 2.24 bits per heavy atom. The lowest BCUT2D eigenvalue weighted by molar-refractivity contribution is -0.385. The van der Waals surface area contributed by atoms with Gasteiger partial charge in [-0.15, -0.1) is 0 Å². The fourth-order valence-corrected chi connectivity index (χ4v) is 2.65. The second-order valence-electron chi connectivity index (χ2n) is 4.88. The minimum absolute atomic E-state index is 0.0326. The number of nitrogens with one attached hydrogen (secondary N) is 1. The van der Waals surface area contributed by atoms with Gasteiger partial charge in [0, 0.05) is 17.5 Å². The lowest BCUT2D eigenvalue weighted by atomic mass is 9.88. The number of methoxy groups -OCH3 is 2. The van der Waals surface area contributed by atoms with Crippen molar-refractivity contribution in [2.75, 3.05) is 20.8 Å². The minimum Gasteiger partial charge on any atom is -0.493 e. The molecule has 6 heteroatoms. The lowest BCUT2D eigenvalue weighted by Crippen LogP contribution is -2.32. The number of ether oxygens (including phenoxy) is 2. The molecule has 2 unspecified atom stereocenters. The van der Waals surface area contributed by atoms with Crippen molar-refractivity contribution in [2.24, 2.45) is 0 Å². The van der Waals surface area contributed by atoms with E-state index in [1.165, 1.54) is 20.3 Å². The summed E-state index contributed by atoms with van der Waals surface area (Å²) in [6.07, 6.45) is 0.796. The van der Waals surface area contributed by atoms with E-state index in [0.717, 1.165) is 13.0 Å². The van der Waals surface area contributed by atoms with Crippen LogP contribution in [0.25, 0.3) is 0 Å². The maximum absolute atomic E-state index is 11.4. The average molecular weight is 296 g/mol. The molecule has 1 rings (SSSR count). The van der Waals surface area contributed by atoms with Crippen molar-refractivity contribution in [1.29, 1.82) is 0 Å². The third-order valence-corrected chi connectivity index (χ3v) is 3.70. The van der Waals surface area contributed by atoms with Crippen LogP contribution in [-0.4, -0.2) is 31.7 Å². The van der Waals surface area contributed by atoms with Gasteiger partial charge < -0.3 is 14.8 Å². The Morgan fingerprint density at radius 2 is 1.81 bits per heavy atom. The number of rotatable bonds is 8. The van der Waals surface area contributed by atoms with Crippen LogP contribution in [0.15, 0.2) is 12.1 Å². The SMILES string of the molecule is CCNC(C)C(CC)c1cc(OC)c(OC)cc1[N+](=O)[O-]. The van der Waals surface area contributed by atoms with Crippen LogP contribution in [-0.2, 0) is 0 Å². The molecule has 1 aromatic carbocycles. The maximum Gasteiger partial charge on any atom is 0.276 e. The summed E-state index contributed by atoms with van der Waals surface area (Å²) in [6.45, 7) is 6.90. The molecule has 0 aromatic heterocycles. The number of nitro groups is 1. The molecule has 0 aliphatic heterocycles. The van der Waals surface area contributed by atoms with Crippen LogP contribution in [0.1, 0.15) is 38.7 Å². The standard InChI is InChI=1S/C15H24N2O4/c1-6-11(10(3)16-7-2)12-8-14(20-4)15(21-5)9-13(12)17(18)19/h8-11,16H,6-7H2,1-5H3. The Labute approximate surface area is 125 Å². The van der Waals surface area contributed by atoms with E-state index in [1.54, 1.807) is 6.07 Å². The molecule has 0 aliphatic rings. The number of benzene rings is 1. The fourth-order valence-electron chi connectivity index (χ4n) is 2.65. The highest BCUT2D eigenvalue weighted by Crippen LogP contribution is 2.39. The number of nitro benzene ring substituents is 1. The Bertz CT molecular complexity index is 491. The van der Waals surface area contributed by atoms with E-state index < -0.39 is 0 Å². The molecule has 0 amide bonds. The summed E-state index contributed by atoms with van der Waals surface area (Å²) in [5.41, 5.74) is 0.748. The van der Waals surface area contributed by atoms with Crippen LogP contribution in [0.4, 0.5) is 5.69 Å². The predicted molar refractivity (Wildman–Crippen MR) is 82.4 cm³/mol. The minimum atomic E-state index is -0.362. The second kappa shape index (κ2) is 7.83. The first-order chi connectivity index (χ1) is 9.99. The van der Waals surface area contributed by atoms with Crippen molar-refractivity contribution in [3.63, 3.8) is 0 Å². The van der Waals surface area contributed by atoms with Gasteiger partial charge in [0.25, 0.3) is 5.69 Å². The van der Waals surface area contributed by atoms with Crippen LogP contribution in [0.3, 0.4) is 0 Å². The van der Waals surface area contributed by atoms with Crippen molar-refractivity contribution in [3.05, 3.63) is 27.8 Å². The summed E-state index contributed by atoms with van der Waals surface area (Å²) < 4.78 is 10.4. The Balaban J connectivity index is 3.39. The highest BCUT2D eigenvalue weighted by atomic mass is 16.6. The number of hydrogen-bond acceptors (Lipinski definition) is 5. The summed E-state index contributed by atoms with van der Waals surface area (Å²) in [4.78, 5) is 11.0. The van der Waals surface area contributed by atoms with Gasteiger partial charge in [0.2, 0.25) is 0 Å². The molecule has 0 saturated carbocycles. The largest absolute Gasteiger partial charge is 0.493 e. The second-order valence-corrected chi connectivity index (χ2v) is 4.88. The summed E-state index contributed by atoms with van der Waals surface area (Å²) >= 11 is 0. The normalized spacial score (nSPS) is 13.6. The molecule has 0 fully saturated rings. The van der Waals surface area contributed by atoms with Crippen LogP contribution < -0.4 is 14.8 Å². The smallest absolute Gasteiger partial charge is 0.276 e. The Morgan fingerprint density at radius 1 is 1.24 bits per heavy atom. The number of likely N-dealkylation sites (N-methyl/N-ethyl adjacent to an activating group) is 1. The predicted octanol–water partition coefficient (Wildman–Crippen LogP) is 3.10. The highest BCUT2D eigenvalue weighted by Gasteiger charge is 2.27. The molecule has 0 aliphatic carbocycles. The molecule has 1 N–H and O–H groups in total.